The molecule has 0 fully saturated rings. The summed E-state index contributed by atoms with van der Waals surface area (Å²) >= 11 is 1.29. The molecule has 0 aliphatic rings. The van der Waals surface area contributed by atoms with E-state index in [0.717, 1.165) is 4.80 Å². The fourth-order valence-corrected chi connectivity index (χ4v) is 10.2. The summed E-state index contributed by atoms with van der Waals surface area (Å²) in [5.41, 5.74) is 0. The fraction of sp³-hybridized carbons (Fsp3) is 0.242. The third-order valence-electron chi connectivity index (χ3n) is 6.74. The second-order valence-electron chi connectivity index (χ2n) is 10.1. The van der Waals surface area contributed by atoms with E-state index in [-0.39, 0.29) is 28.3 Å². The number of hydrogen-bond donors (Lipinski definition) is 0. The quantitative estimate of drug-likeness (QED) is 0.123. The van der Waals surface area contributed by atoms with Gasteiger partial charge in [-0.25, -0.2) is 0 Å². The van der Waals surface area contributed by atoms with E-state index in [0.29, 0.717) is 5.04 Å². The van der Waals surface area contributed by atoms with Gasteiger partial charge in [0.25, 0.3) is 0 Å². The van der Waals surface area contributed by atoms with Crippen molar-refractivity contribution in [1.82, 2.24) is 0 Å². The molecule has 0 saturated carbocycles. The first kappa shape index (κ1) is 33.8. The molecule has 0 radical (unpaired) electrons. The zero-order valence-electron chi connectivity index (χ0n) is 22.9. The van der Waals surface area contributed by atoms with Crippen LogP contribution >= 0.6 is 15.8 Å². The second kappa shape index (κ2) is 18.8. The van der Waals surface area contributed by atoms with E-state index >= 15 is 0 Å². The number of carbonyl (C=O) groups excluding carboxylic acids is 1. The van der Waals surface area contributed by atoms with E-state index in [1.165, 1.54) is 88.4 Å². The van der Waals surface area contributed by atoms with E-state index in [1.807, 2.05) is 0 Å². The predicted octanol–water partition coefficient (Wildman–Crippen LogP) is 2.82. The summed E-state index contributed by atoms with van der Waals surface area (Å²) < 4.78 is 0. The summed E-state index contributed by atoms with van der Waals surface area (Å²) in [4.78, 5) is 9.60. The molecule has 0 aliphatic heterocycles. The van der Waals surface area contributed by atoms with Crippen LogP contribution in [0.2, 0.25) is 5.04 Å². The zero-order valence-corrected chi connectivity index (χ0v) is 30.0. The molecule has 1 nitrogen and oxygen atoms in total. The summed E-state index contributed by atoms with van der Waals surface area (Å²) in [6.07, 6.45) is 7.94. The van der Waals surface area contributed by atoms with Crippen LogP contribution in [0.15, 0.2) is 121 Å². The molecule has 39 heavy (non-hydrogen) atoms. The van der Waals surface area contributed by atoms with Crippen molar-refractivity contribution in [2.24, 2.45) is 0 Å². The van der Waals surface area contributed by atoms with Gasteiger partial charge >= 0.3 is 28.5 Å². The fourth-order valence-electron chi connectivity index (χ4n) is 4.80. The minimum absolute atomic E-state index is 0. The predicted molar refractivity (Wildman–Crippen MR) is 173 cm³/mol. The van der Waals surface area contributed by atoms with Gasteiger partial charge in [0.05, 0.1) is 0 Å². The van der Waals surface area contributed by atoms with Crippen LogP contribution in [-0.4, -0.2) is 27.4 Å². The standard InChI is InChI=1S/C32H38P2Si.CHO.ClH.Ir.H/c1-32(35,24-14-26-33(28-16-6-2-7-17-28)29-18-8-3-9-19-29)25-15-27-34(30-20-10-4-11-21-30)31-22-12-5-13-23-31;1-2;;;/h2-13,16-23H,14-15,24-27H2,1,35H3;1H;1H;;/q;;;+1;/p-1. The molecule has 0 saturated heterocycles. The van der Waals surface area contributed by atoms with Crippen LogP contribution in [0.3, 0.4) is 0 Å². The topological polar surface area (TPSA) is 17.1 Å². The van der Waals surface area contributed by atoms with Crippen LogP contribution in [0.25, 0.3) is 0 Å². The van der Waals surface area contributed by atoms with Gasteiger partial charge in [-0.3, -0.25) is 0 Å². The van der Waals surface area contributed by atoms with Crippen LogP contribution in [0.4, 0.5) is 0 Å². The molecule has 0 heterocycles. The van der Waals surface area contributed by atoms with Gasteiger partial charge in [0, 0.05) is 10.2 Å². The summed E-state index contributed by atoms with van der Waals surface area (Å²) in [7, 11) is 0.725. The number of rotatable bonds is 12. The molecule has 0 aliphatic carbocycles. The van der Waals surface area contributed by atoms with Crippen molar-refractivity contribution in [3.63, 3.8) is 0 Å². The van der Waals surface area contributed by atoms with Crippen LogP contribution < -0.4 is 33.6 Å². The average Bonchev–Trinajstić information content (AvgIpc) is 2.96. The van der Waals surface area contributed by atoms with Crippen molar-refractivity contribution in [2.75, 3.05) is 12.3 Å². The number of benzene rings is 4. The van der Waals surface area contributed by atoms with Crippen molar-refractivity contribution in [3.8, 4) is 0 Å². The van der Waals surface area contributed by atoms with Gasteiger partial charge in [-0.05, 0) is 67.3 Å². The van der Waals surface area contributed by atoms with Gasteiger partial charge in [0.15, 0.2) is 0 Å². The van der Waals surface area contributed by atoms with E-state index in [4.69, 9.17) is 4.79 Å². The monoisotopic (exact) mass is 770 g/mol. The first-order chi connectivity index (χ1) is 18.5. The van der Waals surface area contributed by atoms with Gasteiger partial charge < -0.3 is 12.4 Å². The molecular weight excluding hydrogens is 730 g/mol. The Morgan fingerprint density at radius 3 is 1.08 bits per heavy atom. The maximum Gasteiger partial charge on any atom is -1.00 e. The van der Waals surface area contributed by atoms with Crippen LogP contribution in [0, 0.1) is 0 Å². The molecule has 4 aromatic rings. The molecular formula is C33H40ClIrOP2Si. The van der Waals surface area contributed by atoms with Gasteiger partial charge in [0.1, 0.15) is 0 Å². The first-order valence-electron chi connectivity index (χ1n) is 13.3. The van der Waals surface area contributed by atoms with E-state index in [2.05, 4.69) is 128 Å². The molecule has 0 aromatic heterocycles. The third-order valence-corrected chi connectivity index (χ3v) is 13.0. The molecule has 6 heteroatoms. The molecule has 4 aromatic carbocycles. The minimum atomic E-state index is -0.269. The third kappa shape index (κ3) is 11.9. The van der Waals surface area contributed by atoms with Crippen molar-refractivity contribution in [3.05, 3.63) is 121 Å². The van der Waals surface area contributed by atoms with Crippen LogP contribution in [0.5, 0.6) is 0 Å². The molecule has 208 valence electrons. The van der Waals surface area contributed by atoms with Crippen molar-refractivity contribution >= 4 is 52.1 Å². The summed E-state index contributed by atoms with van der Waals surface area (Å²) in [6.45, 7) is 2.54. The number of hydrogen-bond acceptors (Lipinski definition) is 1. The Bertz CT molecular complexity index is 1010. The van der Waals surface area contributed by atoms with Crippen LogP contribution in [-0.2, 0) is 23.7 Å². The minimum Gasteiger partial charge on any atom is -1.00 e. The molecule has 0 bridgehead atoms. The van der Waals surface area contributed by atoms with Crippen LogP contribution in [0.1, 0.15) is 32.6 Å². The van der Waals surface area contributed by atoms with Gasteiger partial charge in [-0.1, -0.05) is 141 Å². The van der Waals surface area contributed by atoms with Crippen molar-refractivity contribution < 1.29 is 36.1 Å². The smallest absolute Gasteiger partial charge is 1.00 e. The van der Waals surface area contributed by atoms with Crippen molar-refractivity contribution in [1.29, 1.82) is 0 Å². The Hall–Kier alpha value is -1.43. The largest absolute Gasteiger partial charge is 1.00 e. The summed E-state index contributed by atoms with van der Waals surface area (Å²) in [5, 5.41) is 6.57. The van der Waals surface area contributed by atoms with E-state index in [1.54, 1.807) is 0 Å². The van der Waals surface area contributed by atoms with Gasteiger partial charge in [-0.15, -0.1) is 0 Å². The van der Waals surface area contributed by atoms with Gasteiger partial charge in [-0.2, -0.15) is 0 Å². The molecule has 4 rings (SSSR count). The van der Waals surface area contributed by atoms with Gasteiger partial charge in [0.2, 0.25) is 0 Å². The Morgan fingerprint density at radius 1 is 0.615 bits per heavy atom. The Kier molecular flexibility index (Phi) is 16.3. The maximum absolute atomic E-state index is 8.82. The Labute approximate surface area is 258 Å². The molecule has 0 spiro atoms. The molecule has 0 amide bonds. The second-order valence-corrected chi connectivity index (χ2v) is 17.8. The molecule has 0 atom stereocenters. The number of carbonyl (C=O) groups is 1. The maximum atomic E-state index is 8.82. The van der Waals surface area contributed by atoms with Crippen molar-refractivity contribution in [2.45, 2.75) is 37.6 Å². The SMILES string of the molecule is CC([SiH3])(CCCP(c1ccccc1)c1ccccc1)CCCP(c1ccccc1)c1ccccc1.O=[CH][IrH+].[Cl-]. The number of halogens is 1. The average molecular weight is 770 g/mol. The first-order valence-corrected chi connectivity index (χ1v) is 18.8. The van der Waals surface area contributed by atoms with E-state index < -0.39 is 0 Å². The molecule has 0 unspecified atom stereocenters. The normalized spacial score (nSPS) is 11.0. The zero-order chi connectivity index (χ0) is 27.1. The van der Waals surface area contributed by atoms with E-state index in [9.17, 15) is 0 Å². The summed E-state index contributed by atoms with van der Waals surface area (Å²) in [6, 6.07) is 44.7. The molecule has 0 N–H and O–H groups in total. The Morgan fingerprint density at radius 2 is 0.846 bits per heavy atom. The Balaban J connectivity index is 0.00000127. The summed E-state index contributed by atoms with van der Waals surface area (Å²) in [5.74, 6) is 0.